The fourth-order valence-electron chi connectivity index (χ4n) is 3.75. The van der Waals surface area contributed by atoms with E-state index in [-0.39, 0.29) is 5.82 Å². The zero-order chi connectivity index (χ0) is 17.2. The largest absolute Gasteiger partial charge is 0.461 e. The lowest BCUT2D eigenvalue weighted by atomic mass is 10.0. The highest BCUT2D eigenvalue weighted by atomic mass is 19.1. The summed E-state index contributed by atoms with van der Waals surface area (Å²) in [6.45, 7) is 0.773. The quantitative estimate of drug-likeness (QED) is 0.602. The van der Waals surface area contributed by atoms with Gasteiger partial charge in [-0.15, -0.1) is 0 Å². The van der Waals surface area contributed by atoms with Gasteiger partial charge < -0.3 is 10.2 Å². The van der Waals surface area contributed by atoms with Crippen LogP contribution in [0.5, 0.6) is 0 Å². The van der Waals surface area contributed by atoms with Crippen LogP contribution in [0.4, 0.5) is 4.39 Å². The SMILES string of the molecule is NC[C@@H]1C[C@H]1c1cccc2oc(CCCCc3ccc(F)cc3)cc12. The minimum atomic E-state index is -0.172. The zero-order valence-electron chi connectivity index (χ0n) is 14.4. The first-order valence-electron chi connectivity index (χ1n) is 9.20. The van der Waals surface area contributed by atoms with Crippen LogP contribution in [0.15, 0.2) is 52.9 Å². The number of furan rings is 1. The molecule has 2 atom stereocenters. The second-order valence-corrected chi connectivity index (χ2v) is 7.14. The van der Waals surface area contributed by atoms with Crippen molar-refractivity contribution in [3.63, 3.8) is 0 Å². The molecule has 1 aromatic heterocycles. The predicted octanol–water partition coefficient (Wildman–Crippen LogP) is 5.20. The van der Waals surface area contributed by atoms with Crippen molar-refractivity contribution in [2.45, 2.75) is 38.0 Å². The molecule has 25 heavy (non-hydrogen) atoms. The Labute approximate surface area is 147 Å². The van der Waals surface area contributed by atoms with Crippen molar-refractivity contribution in [2.75, 3.05) is 6.54 Å². The van der Waals surface area contributed by atoms with Crippen molar-refractivity contribution in [1.82, 2.24) is 0 Å². The van der Waals surface area contributed by atoms with Gasteiger partial charge in [0, 0.05) is 11.8 Å². The number of benzene rings is 2. The molecule has 4 rings (SSSR count). The number of halogens is 1. The highest BCUT2D eigenvalue weighted by molar-refractivity contribution is 5.82. The molecule has 2 nitrogen and oxygen atoms in total. The lowest BCUT2D eigenvalue weighted by molar-refractivity contribution is 0.532. The van der Waals surface area contributed by atoms with Crippen molar-refractivity contribution >= 4 is 11.0 Å². The minimum Gasteiger partial charge on any atom is -0.461 e. The van der Waals surface area contributed by atoms with Crippen LogP contribution in [-0.2, 0) is 12.8 Å². The van der Waals surface area contributed by atoms with Crippen LogP contribution in [0.1, 0.15) is 42.1 Å². The van der Waals surface area contributed by atoms with Gasteiger partial charge in [0.2, 0.25) is 0 Å². The molecule has 1 heterocycles. The highest BCUT2D eigenvalue weighted by Crippen LogP contribution is 2.49. The van der Waals surface area contributed by atoms with E-state index in [1.165, 1.54) is 35.1 Å². The van der Waals surface area contributed by atoms with Crippen LogP contribution >= 0.6 is 0 Å². The van der Waals surface area contributed by atoms with Crippen LogP contribution in [0.3, 0.4) is 0 Å². The highest BCUT2D eigenvalue weighted by Gasteiger charge is 2.38. The summed E-state index contributed by atoms with van der Waals surface area (Å²) < 4.78 is 19.0. The molecule has 0 radical (unpaired) electrons. The Balaban J connectivity index is 1.37. The second kappa shape index (κ2) is 7.01. The molecule has 1 fully saturated rings. The summed E-state index contributed by atoms with van der Waals surface area (Å²) >= 11 is 0. The van der Waals surface area contributed by atoms with Gasteiger partial charge in [-0.05, 0) is 79.5 Å². The average molecular weight is 337 g/mol. The van der Waals surface area contributed by atoms with Gasteiger partial charge in [-0.3, -0.25) is 0 Å². The average Bonchev–Trinajstić information content (AvgIpc) is 3.30. The maximum Gasteiger partial charge on any atom is 0.134 e. The topological polar surface area (TPSA) is 39.2 Å². The molecule has 0 saturated heterocycles. The van der Waals surface area contributed by atoms with E-state index in [1.807, 2.05) is 12.1 Å². The van der Waals surface area contributed by atoms with E-state index < -0.39 is 0 Å². The van der Waals surface area contributed by atoms with Crippen molar-refractivity contribution in [1.29, 1.82) is 0 Å². The monoisotopic (exact) mass is 337 g/mol. The summed E-state index contributed by atoms with van der Waals surface area (Å²) in [5.41, 5.74) is 9.39. The third kappa shape index (κ3) is 3.62. The van der Waals surface area contributed by atoms with E-state index in [1.54, 1.807) is 0 Å². The summed E-state index contributed by atoms with van der Waals surface area (Å²) in [5.74, 6) is 2.14. The summed E-state index contributed by atoms with van der Waals surface area (Å²) in [6, 6.07) is 15.4. The Hall–Kier alpha value is -2.13. The standard InChI is InChI=1S/C22H24FNO/c23-17-10-8-15(9-11-17)4-1-2-5-18-13-21-19(20-12-16(20)14-24)6-3-7-22(21)25-18/h3,6-11,13,16,20H,1-2,4-5,12,14,24H2/t16-,20+/m0/s1. The van der Waals surface area contributed by atoms with Gasteiger partial charge in [0.15, 0.2) is 0 Å². The maximum atomic E-state index is 12.9. The van der Waals surface area contributed by atoms with Gasteiger partial charge in [-0.25, -0.2) is 4.39 Å². The molecule has 0 amide bonds. The van der Waals surface area contributed by atoms with Crippen LogP contribution in [0.25, 0.3) is 11.0 Å². The molecule has 0 spiro atoms. The van der Waals surface area contributed by atoms with Crippen LogP contribution in [0, 0.1) is 11.7 Å². The van der Waals surface area contributed by atoms with Crippen LogP contribution in [0.2, 0.25) is 0 Å². The van der Waals surface area contributed by atoms with Crippen molar-refractivity contribution in [2.24, 2.45) is 11.7 Å². The van der Waals surface area contributed by atoms with E-state index in [2.05, 4.69) is 24.3 Å². The molecule has 1 saturated carbocycles. The molecule has 2 aromatic carbocycles. The van der Waals surface area contributed by atoms with E-state index >= 15 is 0 Å². The van der Waals surface area contributed by atoms with E-state index in [0.717, 1.165) is 43.6 Å². The summed E-state index contributed by atoms with van der Waals surface area (Å²) in [5, 5.41) is 1.26. The third-order valence-electron chi connectivity index (χ3n) is 5.32. The smallest absolute Gasteiger partial charge is 0.134 e. The third-order valence-corrected chi connectivity index (χ3v) is 5.32. The Morgan fingerprint density at radius 3 is 2.60 bits per heavy atom. The molecular formula is C22H24FNO. The Morgan fingerprint density at radius 1 is 1.04 bits per heavy atom. The number of hydrogen-bond donors (Lipinski definition) is 1. The lowest BCUT2D eigenvalue weighted by Gasteiger charge is -2.00. The summed E-state index contributed by atoms with van der Waals surface area (Å²) in [6.07, 6.45) is 5.27. The van der Waals surface area contributed by atoms with Gasteiger partial charge >= 0.3 is 0 Å². The number of fused-ring (bicyclic) bond motifs is 1. The molecule has 3 aromatic rings. The molecule has 0 bridgehead atoms. The van der Waals surface area contributed by atoms with Crippen molar-refractivity contribution < 1.29 is 8.81 Å². The number of rotatable bonds is 7. The van der Waals surface area contributed by atoms with Gasteiger partial charge in [0.1, 0.15) is 17.2 Å². The maximum absolute atomic E-state index is 12.9. The first kappa shape index (κ1) is 16.3. The molecule has 2 N–H and O–H groups in total. The lowest BCUT2D eigenvalue weighted by Crippen LogP contribution is -2.01. The minimum absolute atomic E-state index is 0.172. The summed E-state index contributed by atoms with van der Waals surface area (Å²) in [4.78, 5) is 0. The van der Waals surface area contributed by atoms with E-state index in [0.29, 0.717) is 11.8 Å². The zero-order valence-corrected chi connectivity index (χ0v) is 14.4. The molecular weight excluding hydrogens is 313 g/mol. The van der Waals surface area contributed by atoms with Crippen LogP contribution in [-0.4, -0.2) is 6.54 Å². The first-order chi connectivity index (χ1) is 12.2. The predicted molar refractivity (Wildman–Crippen MR) is 99.2 cm³/mol. The number of nitrogens with two attached hydrogens (primary N) is 1. The number of hydrogen-bond acceptors (Lipinski definition) is 2. The molecule has 0 unspecified atom stereocenters. The molecule has 130 valence electrons. The Kier molecular flexibility index (Phi) is 4.58. The van der Waals surface area contributed by atoms with Gasteiger partial charge in [-0.2, -0.15) is 0 Å². The first-order valence-corrected chi connectivity index (χ1v) is 9.20. The fraction of sp³-hybridized carbons (Fsp3) is 0.364. The molecule has 3 heteroatoms. The van der Waals surface area contributed by atoms with Gasteiger partial charge in [0.25, 0.3) is 0 Å². The van der Waals surface area contributed by atoms with Crippen LogP contribution < -0.4 is 5.73 Å². The van der Waals surface area contributed by atoms with E-state index in [9.17, 15) is 4.39 Å². The van der Waals surface area contributed by atoms with Crippen molar-refractivity contribution in [3.8, 4) is 0 Å². The molecule has 0 aliphatic heterocycles. The summed E-state index contributed by atoms with van der Waals surface area (Å²) in [7, 11) is 0. The van der Waals surface area contributed by atoms with Crippen molar-refractivity contribution in [3.05, 3.63) is 71.2 Å². The number of unbranched alkanes of at least 4 members (excludes halogenated alkanes) is 1. The fourth-order valence-corrected chi connectivity index (χ4v) is 3.75. The molecule has 1 aliphatic rings. The van der Waals surface area contributed by atoms with Gasteiger partial charge in [-0.1, -0.05) is 24.3 Å². The normalized spacial score (nSPS) is 19.4. The second-order valence-electron chi connectivity index (χ2n) is 7.14. The van der Waals surface area contributed by atoms with E-state index in [4.69, 9.17) is 10.2 Å². The van der Waals surface area contributed by atoms with Gasteiger partial charge in [0.05, 0.1) is 0 Å². The Morgan fingerprint density at radius 2 is 1.84 bits per heavy atom. The Bertz CT molecular complexity index is 852. The number of aryl methyl sites for hydroxylation is 2. The molecule has 1 aliphatic carbocycles.